The number of anilines is 1. The van der Waals surface area contributed by atoms with Gasteiger partial charge >= 0.3 is 12.1 Å². The van der Waals surface area contributed by atoms with Crippen LogP contribution >= 0.6 is 0 Å². The van der Waals surface area contributed by atoms with Gasteiger partial charge in [0.05, 0.1) is 44.7 Å². The third-order valence-electron chi connectivity index (χ3n) is 9.92. The number of ether oxygens (including phenoxy) is 4. The van der Waals surface area contributed by atoms with E-state index in [-0.39, 0.29) is 66.5 Å². The molecule has 21 heteroatoms. The number of aromatic carboxylic acids is 1. The van der Waals surface area contributed by atoms with Gasteiger partial charge in [-0.25, -0.2) is 31.1 Å². The molecule has 19 nitrogen and oxygen atoms in total. The number of aromatic nitrogens is 4. The second-order valence-corrected chi connectivity index (χ2v) is 19.3. The molecule has 0 saturated heterocycles. The quantitative estimate of drug-likeness (QED) is 0.0573. The number of para-hydroxylation sites is 1. The molecule has 348 valence electrons. The zero-order valence-corrected chi connectivity index (χ0v) is 38.6. The molecule has 66 heavy (non-hydrogen) atoms. The van der Waals surface area contributed by atoms with Crippen LogP contribution < -0.4 is 30.0 Å². The van der Waals surface area contributed by atoms with Gasteiger partial charge in [-0.1, -0.05) is 54.6 Å². The molecule has 0 saturated carbocycles. The zero-order valence-electron chi connectivity index (χ0n) is 37.0. The van der Waals surface area contributed by atoms with Crippen LogP contribution in [0.3, 0.4) is 0 Å². The van der Waals surface area contributed by atoms with Gasteiger partial charge in [-0.3, -0.25) is 0 Å². The largest absolute Gasteiger partial charge is 0.497 e. The number of amides is 1. The van der Waals surface area contributed by atoms with E-state index in [0.29, 0.717) is 28.4 Å². The summed E-state index contributed by atoms with van der Waals surface area (Å²) in [5.41, 5.74) is 6.60. The number of alkyl carbamates (subject to hydrolysis) is 1. The number of tetrazole rings is 1. The van der Waals surface area contributed by atoms with Crippen molar-refractivity contribution in [3.8, 4) is 39.8 Å². The number of nitrogens with two attached hydrogens (primary N) is 1. The highest BCUT2D eigenvalue weighted by molar-refractivity contribution is 7.92. The number of nitrogen functional groups attached to an aromatic ring is 1. The van der Waals surface area contributed by atoms with E-state index in [1.165, 1.54) is 50.4 Å². The van der Waals surface area contributed by atoms with Crippen LogP contribution in [0.1, 0.15) is 47.8 Å². The molecule has 0 unspecified atom stereocenters. The van der Waals surface area contributed by atoms with Crippen LogP contribution in [0.15, 0.2) is 113 Å². The fourth-order valence-corrected chi connectivity index (χ4v) is 10.2. The molecule has 0 aliphatic rings. The number of carboxylic acids is 1. The van der Waals surface area contributed by atoms with E-state index in [0.717, 1.165) is 15.9 Å². The van der Waals surface area contributed by atoms with Crippen molar-refractivity contribution in [1.29, 1.82) is 0 Å². The highest BCUT2D eigenvalue weighted by atomic mass is 32.2. The van der Waals surface area contributed by atoms with E-state index in [4.69, 9.17) is 24.7 Å². The Morgan fingerprint density at radius 2 is 1.29 bits per heavy atom. The highest BCUT2D eigenvalue weighted by Gasteiger charge is 2.38. The van der Waals surface area contributed by atoms with Gasteiger partial charge < -0.3 is 35.1 Å². The van der Waals surface area contributed by atoms with E-state index in [2.05, 4.69) is 25.4 Å². The van der Waals surface area contributed by atoms with Crippen LogP contribution in [0.25, 0.3) is 22.5 Å². The van der Waals surface area contributed by atoms with E-state index in [9.17, 15) is 23.1 Å². The number of benzene rings is 5. The van der Waals surface area contributed by atoms with Gasteiger partial charge in [0.1, 0.15) is 32.6 Å². The van der Waals surface area contributed by atoms with Crippen LogP contribution in [0.4, 0.5) is 10.5 Å². The topological polar surface area (TPSA) is 256 Å². The number of nitrogens with zero attached hydrogens (tertiary/aromatic N) is 5. The molecule has 1 aromatic heterocycles. The first-order chi connectivity index (χ1) is 31.3. The zero-order chi connectivity index (χ0) is 47.8. The van der Waals surface area contributed by atoms with Gasteiger partial charge in [-0.2, -0.15) is 9.10 Å². The summed E-state index contributed by atoms with van der Waals surface area (Å²) >= 11 is 0. The van der Waals surface area contributed by atoms with Gasteiger partial charge in [0.2, 0.25) is 25.9 Å². The van der Waals surface area contributed by atoms with E-state index in [1.54, 1.807) is 93.6 Å². The fraction of sp³-hybridized carbons (Fsp3) is 0.267. The molecule has 0 aliphatic heterocycles. The lowest BCUT2D eigenvalue weighted by molar-refractivity contribution is 0.0528. The Hall–Kier alpha value is -7.07. The summed E-state index contributed by atoms with van der Waals surface area (Å²) in [6.45, 7) is 3.89. The molecule has 0 fully saturated rings. The van der Waals surface area contributed by atoms with Crippen molar-refractivity contribution in [3.63, 3.8) is 0 Å². The van der Waals surface area contributed by atoms with Gasteiger partial charge in [0, 0.05) is 31.7 Å². The first-order valence-corrected chi connectivity index (χ1v) is 23.2. The minimum atomic E-state index is -5.04. The van der Waals surface area contributed by atoms with Gasteiger partial charge in [-0.05, 0) is 96.8 Å². The van der Waals surface area contributed by atoms with Crippen molar-refractivity contribution in [2.24, 2.45) is 0 Å². The number of carbonyl (C=O) groups excluding carboxylic acids is 1. The average molecular weight is 943 g/mol. The fourth-order valence-electron chi connectivity index (χ4n) is 6.73. The maximum Gasteiger partial charge on any atom is 0.407 e. The summed E-state index contributed by atoms with van der Waals surface area (Å²) in [7, 11) is -5.34. The average Bonchev–Trinajstić information content (AvgIpc) is 3.75. The van der Waals surface area contributed by atoms with Crippen molar-refractivity contribution in [2.45, 2.75) is 55.8 Å². The van der Waals surface area contributed by atoms with Crippen LogP contribution in [0, 0.1) is 0 Å². The molecule has 5 aromatic carbocycles. The number of carbonyl (C=O) groups is 2. The van der Waals surface area contributed by atoms with Crippen LogP contribution in [-0.2, 0) is 44.4 Å². The van der Waals surface area contributed by atoms with Gasteiger partial charge in [-0.15, -0.1) is 10.2 Å². The van der Waals surface area contributed by atoms with E-state index < -0.39 is 47.5 Å². The van der Waals surface area contributed by atoms with E-state index >= 15 is 8.42 Å². The van der Waals surface area contributed by atoms with Crippen LogP contribution in [0.2, 0.25) is 0 Å². The van der Waals surface area contributed by atoms with Gasteiger partial charge in [0.25, 0.3) is 0 Å². The third kappa shape index (κ3) is 11.6. The number of nitrogens with one attached hydrogen (secondary N) is 2. The molecular formula is C45H50N8O11S2. The Bertz CT molecular complexity index is 2850. The number of hydrogen-bond donors (Lipinski definition) is 4. The molecule has 0 aliphatic carbocycles. The maximum absolute atomic E-state index is 15.9. The molecule has 5 N–H and O–H groups in total. The SMILES string of the molecule is COc1ccc(CN(Cc2ccc(OC)cc2)S(=O)(=O)c2c(S(=O)(=O)NCCNC(=O)OC(C)(C)C)ccc(-c3cccc(C(=O)O)c3N)c2-c2nnn(Cc3ccc(OC)cc3)n2)cc1. The Morgan fingerprint density at radius 1 is 0.742 bits per heavy atom. The number of methoxy groups -OCH3 is 3. The summed E-state index contributed by atoms with van der Waals surface area (Å²) in [5.74, 6) is -0.0453. The van der Waals surface area contributed by atoms with Crippen molar-refractivity contribution >= 4 is 37.8 Å². The lowest BCUT2D eigenvalue weighted by Crippen LogP contribution is -2.38. The smallest absolute Gasteiger partial charge is 0.407 e. The Labute approximate surface area is 382 Å². The number of carboxylic acid groups (broad SMARTS) is 1. The van der Waals surface area contributed by atoms with E-state index in [1.807, 2.05) is 0 Å². The summed E-state index contributed by atoms with van der Waals surface area (Å²) in [6, 6.07) is 26.9. The Morgan fingerprint density at radius 3 is 1.80 bits per heavy atom. The van der Waals surface area contributed by atoms with Crippen LogP contribution in [0.5, 0.6) is 17.2 Å². The molecule has 0 atom stereocenters. The number of rotatable bonds is 19. The second-order valence-electron chi connectivity index (χ2n) is 15.7. The molecule has 0 spiro atoms. The van der Waals surface area contributed by atoms with Crippen molar-refractivity contribution in [2.75, 3.05) is 40.2 Å². The lowest BCUT2D eigenvalue weighted by atomic mass is 9.95. The molecule has 6 rings (SSSR count). The van der Waals surface area contributed by atoms with Crippen molar-refractivity contribution in [1.82, 2.24) is 34.6 Å². The first kappa shape index (κ1) is 48.4. The van der Waals surface area contributed by atoms with Gasteiger partial charge in [0.15, 0.2) is 0 Å². The second kappa shape index (κ2) is 20.4. The van der Waals surface area contributed by atoms with Crippen LogP contribution in [-0.4, -0.2) is 98.5 Å². The Balaban J connectivity index is 1.61. The standard InChI is InChI=1S/C45H50N8O11S2/c1-45(2,3)64-44(56)47-24-25-48-65(57,58)38-23-22-35(36-8-7-9-37(40(36)46)43(54)55)39(42-49-51-53(50-42)28-31-14-20-34(63-6)21-15-31)41(38)66(59,60)52(26-29-10-16-32(61-4)17-11-29)27-30-12-18-33(62-5)19-13-30/h7-23,48H,24-28,46H2,1-6H3,(H,47,56)(H,54,55). The summed E-state index contributed by atoms with van der Waals surface area (Å²) in [4.78, 5) is 24.5. The first-order valence-electron chi connectivity index (χ1n) is 20.3. The molecule has 1 amide bonds. The summed E-state index contributed by atoms with van der Waals surface area (Å²) in [6.07, 6.45) is -0.797. The number of sulfonamides is 2. The summed E-state index contributed by atoms with van der Waals surface area (Å²) in [5, 5.41) is 25.7. The normalized spacial score (nSPS) is 11.9. The third-order valence-corrected chi connectivity index (χ3v) is 13.4. The predicted molar refractivity (Wildman–Crippen MR) is 244 cm³/mol. The summed E-state index contributed by atoms with van der Waals surface area (Å²) < 4.78 is 85.8. The minimum Gasteiger partial charge on any atom is -0.497 e. The molecular weight excluding hydrogens is 893 g/mol. The lowest BCUT2D eigenvalue weighted by Gasteiger charge is -2.26. The molecule has 0 radical (unpaired) electrons. The predicted octanol–water partition coefficient (Wildman–Crippen LogP) is 5.56. The molecule has 1 heterocycles. The maximum atomic E-state index is 15.9. The number of hydrogen-bond acceptors (Lipinski definition) is 14. The minimum absolute atomic E-state index is 0.0161. The monoisotopic (exact) mass is 942 g/mol. The highest BCUT2D eigenvalue weighted by Crippen LogP contribution is 2.43. The molecule has 6 aromatic rings. The molecule has 0 bridgehead atoms. The van der Waals surface area contributed by atoms with Crippen molar-refractivity contribution in [3.05, 3.63) is 125 Å². The van der Waals surface area contributed by atoms with Crippen molar-refractivity contribution < 1.29 is 50.5 Å². The Kier molecular flexibility index (Phi) is 15.0.